The summed E-state index contributed by atoms with van der Waals surface area (Å²) in [4.78, 5) is 15.9. The van der Waals surface area contributed by atoms with Gasteiger partial charge in [0.25, 0.3) is 0 Å². The summed E-state index contributed by atoms with van der Waals surface area (Å²) in [7, 11) is 0. The molecule has 0 aromatic heterocycles. The highest BCUT2D eigenvalue weighted by Crippen LogP contribution is 2.42. The minimum Gasteiger partial charge on any atom is -0.494 e. The van der Waals surface area contributed by atoms with Crippen molar-refractivity contribution in [2.45, 2.75) is 64.2 Å². The standard InChI is InChI=1S/C28H38N2O2/c1-22-13-18-30(19-14-22)17-6-20-32-26-11-9-25(10-12-26)29-27(31)28(15-3-4-16-28)24-8-5-7-23(2)21-24/h5,7-12,21-22H,3-4,6,13-20H2,1-2H3,(H,29,31). The zero-order valence-electron chi connectivity index (χ0n) is 19.7. The van der Waals surface area contributed by atoms with Crippen molar-refractivity contribution < 1.29 is 9.53 Å². The topological polar surface area (TPSA) is 41.6 Å². The average molecular weight is 435 g/mol. The van der Waals surface area contributed by atoms with Crippen LogP contribution in [0.2, 0.25) is 0 Å². The van der Waals surface area contributed by atoms with Crippen LogP contribution in [0.4, 0.5) is 5.69 Å². The van der Waals surface area contributed by atoms with Gasteiger partial charge >= 0.3 is 0 Å². The van der Waals surface area contributed by atoms with Gasteiger partial charge in [0, 0.05) is 12.2 Å². The van der Waals surface area contributed by atoms with Crippen LogP contribution in [0, 0.1) is 12.8 Å². The van der Waals surface area contributed by atoms with E-state index in [-0.39, 0.29) is 5.91 Å². The van der Waals surface area contributed by atoms with E-state index in [1.807, 2.05) is 24.3 Å². The first-order valence-corrected chi connectivity index (χ1v) is 12.4. The average Bonchev–Trinajstić information content (AvgIpc) is 3.30. The van der Waals surface area contributed by atoms with Crippen LogP contribution in [-0.4, -0.2) is 37.0 Å². The minimum absolute atomic E-state index is 0.116. The molecule has 1 aliphatic carbocycles. The fourth-order valence-electron chi connectivity index (χ4n) is 5.22. The molecule has 0 bridgehead atoms. The Morgan fingerprint density at radius 3 is 2.50 bits per heavy atom. The van der Waals surface area contributed by atoms with Crippen LogP contribution in [0.25, 0.3) is 0 Å². The third kappa shape index (κ3) is 5.53. The summed E-state index contributed by atoms with van der Waals surface area (Å²) in [6.07, 6.45) is 7.72. The Hall–Kier alpha value is -2.33. The van der Waals surface area contributed by atoms with Crippen molar-refractivity contribution in [1.82, 2.24) is 4.90 Å². The van der Waals surface area contributed by atoms with Crippen molar-refractivity contribution in [2.75, 3.05) is 31.6 Å². The van der Waals surface area contributed by atoms with Crippen molar-refractivity contribution in [3.63, 3.8) is 0 Å². The summed E-state index contributed by atoms with van der Waals surface area (Å²) >= 11 is 0. The monoisotopic (exact) mass is 434 g/mol. The molecule has 4 rings (SSSR count). The van der Waals surface area contributed by atoms with Crippen LogP contribution in [0.1, 0.15) is 63.0 Å². The lowest BCUT2D eigenvalue weighted by Gasteiger charge is -2.30. The molecule has 172 valence electrons. The first-order chi connectivity index (χ1) is 15.5. The molecule has 1 aliphatic heterocycles. The molecular formula is C28H38N2O2. The molecule has 0 unspecified atom stereocenters. The number of hydrogen-bond acceptors (Lipinski definition) is 3. The number of benzene rings is 2. The Labute approximate surface area is 193 Å². The fourth-order valence-corrected chi connectivity index (χ4v) is 5.22. The number of carbonyl (C=O) groups excluding carboxylic acids is 1. The minimum atomic E-state index is -0.409. The molecule has 4 heteroatoms. The second-order valence-electron chi connectivity index (χ2n) is 9.86. The Kier molecular flexibility index (Phi) is 7.51. The molecule has 1 N–H and O–H groups in total. The molecule has 2 aliphatic rings. The predicted octanol–water partition coefficient (Wildman–Crippen LogP) is 5.95. The number of aryl methyl sites for hydroxylation is 1. The molecule has 1 heterocycles. The van der Waals surface area contributed by atoms with Crippen LogP contribution in [0.5, 0.6) is 5.75 Å². The van der Waals surface area contributed by atoms with Crippen molar-refractivity contribution in [1.29, 1.82) is 0 Å². The molecule has 1 saturated heterocycles. The number of likely N-dealkylation sites (tertiary alicyclic amines) is 1. The Morgan fingerprint density at radius 2 is 1.81 bits per heavy atom. The number of nitrogens with one attached hydrogen (secondary N) is 1. The number of amides is 1. The van der Waals surface area contributed by atoms with Gasteiger partial charge in [-0.05, 0) is 87.9 Å². The summed E-state index contributed by atoms with van der Waals surface area (Å²) in [6.45, 7) is 8.73. The molecule has 2 aromatic rings. The maximum absolute atomic E-state index is 13.4. The molecule has 32 heavy (non-hydrogen) atoms. The van der Waals surface area contributed by atoms with E-state index in [9.17, 15) is 4.79 Å². The van der Waals surface area contributed by atoms with Crippen LogP contribution >= 0.6 is 0 Å². The lowest BCUT2D eigenvalue weighted by Crippen LogP contribution is -2.38. The number of nitrogens with zero attached hydrogens (tertiary/aromatic N) is 1. The highest BCUT2D eigenvalue weighted by atomic mass is 16.5. The van der Waals surface area contributed by atoms with E-state index < -0.39 is 5.41 Å². The van der Waals surface area contributed by atoms with E-state index in [1.54, 1.807) is 0 Å². The highest BCUT2D eigenvalue weighted by Gasteiger charge is 2.42. The van der Waals surface area contributed by atoms with E-state index in [2.05, 4.69) is 48.3 Å². The molecule has 2 fully saturated rings. The summed E-state index contributed by atoms with van der Waals surface area (Å²) in [5.41, 5.74) is 2.78. The first-order valence-electron chi connectivity index (χ1n) is 12.4. The van der Waals surface area contributed by atoms with Gasteiger partial charge in [0.1, 0.15) is 5.75 Å². The van der Waals surface area contributed by atoms with E-state index in [0.717, 1.165) is 68.2 Å². The van der Waals surface area contributed by atoms with Crippen molar-refractivity contribution in [3.05, 3.63) is 59.7 Å². The number of carbonyl (C=O) groups is 1. The Balaban J connectivity index is 1.28. The second kappa shape index (κ2) is 10.5. The normalized spacial score (nSPS) is 19.1. The number of anilines is 1. The third-order valence-electron chi connectivity index (χ3n) is 7.34. The van der Waals surface area contributed by atoms with Gasteiger partial charge in [0.2, 0.25) is 5.91 Å². The van der Waals surface area contributed by atoms with E-state index in [0.29, 0.717) is 0 Å². The summed E-state index contributed by atoms with van der Waals surface area (Å²) in [6, 6.07) is 16.3. The molecule has 2 aromatic carbocycles. The van der Waals surface area contributed by atoms with Crippen LogP contribution in [-0.2, 0) is 10.2 Å². The molecule has 0 spiro atoms. The SMILES string of the molecule is Cc1cccc(C2(C(=O)Nc3ccc(OCCCN4CCC(C)CC4)cc3)CCCC2)c1. The molecular weight excluding hydrogens is 396 g/mol. The van der Waals surface area contributed by atoms with Gasteiger partial charge in [-0.2, -0.15) is 0 Å². The second-order valence-corrected chi connectivity index (χ2v) is 9.86. The zero-order valence-corrected chi connectivity index (χ0v) is 19.7. The van der Waals surface area contributed by atoms with Gasteiger partial charge < -0.3 is 15.0 Å². The molecule has 1 amide bonds. The maximum Gasteiger partial charge on any atom is 0.235 e. The van der Waals surface area contributed by atoms with Crippen molar-refractivity contribution >= 4 is 11.6 Å². The van der Waals surface area contributed by atoms with Gasteiger partial charge in [0.05, 0.1) is 12.0 Å². The van der Waals surface area contributed by atoms with Gasteiger partial charge in [0.15, 0.2) is 0 Å². The Bertz CT molecular complexity index is 879. The van der Waals surface area contributed by atoms with Gasteiger partial charge in [-0.15, -0.1) is 0 Å². The highest BCUT2D eigenvalue weighted by molar-refractivity contribution is 5.99. The smallest absolute Gasteiger partial charge is 0.235 e. The fraction of sp³-hybridized carbons (Fsp3) is 0.536. The zero-order chi connectivity index (χ0) is 22.4. The van der Waals surface area contributed by atoms with Gasteiger partial charge in [-0.25, -0.2) is 0 Å². The molecule has 4 nitrogen and oxygen atoms in total. The van der Waals surface area contributed by atoms with E-state index in [1.165, 1.54) is 31.5 Å². The molecule has 0 atom stereocenters. The lowest BCUT2D eigenvalue weighted by molar-refractivity contribution is -0.121. The van der Waals surface area contributed by atoms with Crippen molar-refractivity contribution in [3.8, 4) is 5.75 Å². The van der Waals surface area contributed by atoms with Crippen molar-refractivity contribution in [2.24, 2.45) is 5.92 Å². The number of ether oxygens (including phenoxy) is 1. The maximum atomic E-state index is 13.4. The number of hydrogen-bond donors (Lipinski definition) is 1. The van der Waals surface area contributed by atoms with Crippen LogP contribution < -0.4 is 10.1 Å². The Morgan fingerprint density at radius 1 is 1.09 bits per heavy atom. The van der Waals surface area contributed by atoms with E-state index >= 15 is 0 Å². The third-order valence-corrected chi connectivity index (χ3v) is 7.34. The van der Waals surface area contributed by atoms with Gasteiger partial charge in [-0.1, -0.05) is 49.6 Å². The predicted molar refractivity (Wildman–Crippen MR) is 131 cm³/mol. The number of piperidine rings is 1. The number of rotatable bonds is 8. The summed E-state index contributed by atoms with van der Waals surface area (Å²) in [5, 5.41) is 3.18. The summed E-state index contributed by atoms with van der Waals surface area (Å²) < 4.78 is 5.94. The largest absolute Gasteiger partial charge is 0.494 e. The summed E-state index contributed by atoms with van der Waals surface area (Å²) in [5.74, 6) is 1.86. The molecule has 1 saturated carbocycles. The quantitative estimate of drug-likeness (QED) is 0.522. The van der Waals surface area contributed by atoms with E-state index in [4.69, 9.17) is 4.74 Å². The lowest BCUT2D eigenvalue weighted by atomic mass is 9.77. The van der Waals surface area contributed by atoms with Gasteiger partial charge in [-0.3, -0.25) is 4.79 Å². The molecule has 0 radical (unpaired) electrons. The van der Waals surface area contributed by atoms with Crippen LogP contribution in [0.15, 0.2) is 48.5 Å². The van der Waals surface area contributed by atoms with Crippen LogP contribution in [0.3, 0.4) is 0 Å². The first kappa shape index (κ1) is 22.8.